The lowest BCUT2D eigenvalue weighted by Crippen LogP contribution is -2.38. The van der Waals surface area contributed by atoms with Crippen molar-refractivity contribution in [2.24, 2.45) is 13.0 Å². The van der Waals surface area contributed by atoms with Gasteiger partial charge in [0.1, 0.15) is 5.82 Å². The van der Waals surface area contributed by atoms with Crippen LogP contribution in [0, 0.1) is 5.92 Å². The first-order chi connectivity index (χ1) is 17.6. The second kappa shape index (κ2) is 9.88. The molecule has 184 valence electrons. The van der Waals surface area contributed by atoms with E-state index in [2.05, 4.69) is 73.2 Å². The molecule has 8 heteroatoms. The van der Waals surface area contributed by atoms with Crippen molar-refractivity contribution in [1.29, 1.82) is 0 Å². The van der Waals surface area contributed by atoms with Gasteiger partial charge in [0, 0.05) is 54.5 Å². The fourth-order valence-corrected chi connectivity index (χ4v) is 5.89. The summed E-state index contributed by atoms with van der Waals surface area (Å²) in [5.41, 5.74) is 5.18. The Hall–Kier alpha value is -2.87. The first-order valence-electron chi connectivity index (χ1n) is 12.4. The zero-order chi connectivity index (χ0) is 24.6. The number of nitrogens with one attached hydrogen (secondary N) is 1. The molecule has 6 rings (SSSR count). The van der Waals surface area contributed by atoms with Crippen LogP contribution < -0.4 is 5.32 Å². The lowest BCUT2D eigenvalue weighted by molar-refractivity contribution is 0.170. The molecule has 1 atom stereocenters. The Morgan fingerprint density at radius 2 is 1.94 bits per heavy atom. The largest absolute Gasteiger partial charge is 0.370 e. The number of hydrogen-bond acceptors (Lipinski definition) is 4. The highest BCUT2D eigenvalue weighted by Crippen LogP contribution is 2.31. The second-order valence-electron chi connectivity index (χ2n) is 9.61. The zero-order valence-corrected chi connectivity index (χ0v) is 22.5. The van der Waals surface area contributed by atoms with Crippen molar-refractivity contribution in [2.45, 2.75) is 19.4 Å². The van der Waals surface area contributed by atoms with Crippen molar-refractivity contribution >= 4 is 49.9 Å². The number of halogens is 2. The van der Waals surface area contributed by atoms with E-state index in [0.717, 1.165) is 53.4 Å². The van der Waals surface area contributed by atoms with Gasteiger partial charge >= 0.3 is 0 Å². The molecular formula is C28H28BrClN6. The van der Waals surface area contributed by atoms with E-state index in [4.69, 9.17) is 16.6 Å². The maximum Gasteiger partial charge on any atom is 0.172 e. The number of aromatic nitrogens is 4. The first-order valence-corrected chi connectivity index (χ1v) is 13.5. The first kappa shape index (κ1) is 23.5. The highest BCUT2D eigenvalue weighted by atomic mass is 79.9. The molecule has 0 amide bonds. The Morgan fingerprint density at radius 1 is 1.11 bits per heavy atom. The second-order valence-corrected chi connectivity index (χ2v) is 10.9. The molecule has 1 N–H and O–H groups in total. The number of benzene rings is 2. The van der Waals surface area contributed by atoms with Crippen LogP contribution >= 0.6 is 27.5 Å². The van der Waals surface area contributed by atoms with Crippen LogP contribution in [-0.4, -0.2) is 43.7 Å². The highest BCUT2D eigenvalue weighted by molar-refractivity contribution is 9.10. The minimum atomic E-state index is 0.555. The van der Waals surface area contributed by atoms with E-state index in [1.165, 1.54) is 29.4 Å². The lowest BCUT2D eigenvalue weighted by atomic mass is 9.98. The molecule has 1 aliphatic rings. The van der Waals surface area contributed by atoms with Gasteiger partial charge < -0.3 is 9.88 Å². The Bertz CT molecular complexity index is 1540. The summed E-state index contributed by atoms with van der Waals surface area (Å²) in [6.45, 7) is 4.07. The van der Waals surface area contributed by atoms with Crippen LogP contribution in [0.3, 0.4) is 0 Å². The van der Waals surface area contributed by atoms with Crippen LogP contribution in [0.4, 0.5) is 5.82 Å². The van der Waals surface area contributed by atoms with Crippen LogP contribution in [-0.2, 0) is 13.6 Å². The molecule has 0 spiro atoms. The topological polar surface area (TPSA) is 50.4 Å². The fraction of sp³-hybridized carbons (Fsp3) is 0.286. The summed E-state index contributed by atoms with van der Waals surface area (Å²) >= 11 is 10.1. The molecule has 6 nitrogen and oxygen atoms in total. The number of fused-ring (bicyclic) bond motifs is 2. The van der Waals surface area contributed by atoms with Crippen LogP contribution in [0.5, 0.6) is 0 Å². The van der Waals surface area contributed by atoms with E-state index in [1.54, 1.807) is 6.20 Å². The monoisotopic (exact) mass is 562 g/mol. The third-order valence-electron chi connectivity index (χ3n) is 7.19. The number of rotatable bonds is 6. The molecular weight excluding hydrogens is 536 g/mol. The summed E-state index contributed by atoms with van der Waals surface area (Å²) in [7, 11) is 2.17. The summed E-state index contributed by atoms with van der Waals surface area (Å²) in [6.07, 6.45) is 4.21. The molecule has 4 heterocycles. The standard InChI is InChI=1S/C28H28BrClN6/c1-34-21(13-20-8-2-5-11-26(20)34)18-35-12-6-7-19(17-35)15-31-27-14-25(22-9-3-4-10-24(22)30)33-28-23(29)16-32-36(27)28/h2-5,8-11,13-14,16,19,31H,6-7,12,15,17-18H2,1H3. The zero-order valence-electron chi connectivity index (χ0n) is 20.2. The molecule has 1 aliphatic heterocycles. The number of hydrogen-bond donors (Lipinski definition) is 1. The number of nitrogens with zero attached hydrogens (tertiary/aromatic N) is 5. The van der Waals surface area contributed by atoms with Crippen molar-refractivity contribution in [1.82, 2.24) is 24.1 Å². The molecule has 0 saturated carbocycles. The Labute approximate surface area is 224 Å². The molecule has 5 aromatic rings. The number of likely N-dealkylation sites (tertiary alicyclic amines) is 1. The maximum atomic E-state index is 6.49. The van der Waals surface area contributed by atoms with Gasteiger partial charge in [-0.15, -0.1) is 0 Å². The van der Waals surface area contributed by atoms with E-state index in [9.17, 15) is 0 Å². The number of piperidine rings is 1. The van der Waals surface area contributed by atoms with Crippen molar-refractivity contribution in [3.63, 3.8) is 0 Å². The molecule has 3 aromatic heterocycles. The van der Waals surface area contributed by atoms with Crippen molar-refractivity contribution < 1.29 is 0 Å². The van der Waals surface area contributed by atoms with E-state index < -0.39 is 0 Å². The van der Waals surface area contributed by atoms with Crippen LogP contribution in [0.2, 0.25) is 5.02 Å². The third kappa shape index (κ3) is 4.51. The number of aryl methyl sites for hydroxylation is 1. The van der Waals surface area contributed by atoms with E-state index >= 15 is 0 Å². The molecule has 1 saturated heterocycles. The smallest absolute Gasteiger partial charge is 0.172 e. The normalized spacial score (nSPS) is 16.7. The molecule has 1 unspecified atom stereocenters. The Balaban J connectivity index is 1.19. The predicted octanol–water partition coefficient (Wildman–Crippen LogP) is 6.63. The van der Waals surface area contributed by atoms with Gasteiger partial charge in [0.2, 0.25) is 0 Å². The minimum absolute atomic E-state index is 0.555. The summed E-state index contributed by atoms with van der Waals surface area (Å²) in [5, 5.41) is 10.2. The van der Waals surface area contributed by atoms with Gasteiger partial charge in [0.15, 0.2) is 5.65 Å². The van der Waals surface area contributed by atoms with E-state index in [-0.39, 0.29) is 0 Å². The van der Waals surface area contributed by atoms with Gasteiger partial charge in [0.05, 0.1) is 16.4 Å². The molecule has 36 heavy (non-hydrogen) atoms. The molecule has 2 aromatic carbocycles. The van der Waals surface area contributed by atoms with Gasteiger partial charge in [0.25, 0.3) is 0 Å². The van der Waals surface area contributed by atoms with Gasteiger partial charge in [-0.1, -0.05) is 48.0 Å². The van der Waals surface area contributed by atoms with Crippen molar-refractivity contribution in [3.8, 4) is 11.3 Å². The molecule has 1 fully saturated rings. The summed E-state index contributed by atoms with van der Waals surface area (Å²) in [4.78, 5) is 7.41. The maximum absolute atomic E-state index is 6.49. The van der Waals surface area contributed by atoms with E-state index in [0.29, 0.717) is 10.9 Å². The Morgan fingerprint density at radius 3 is 2.81 bits per heavy atom. The van der Waals surface area contributed by atoms with Gasteiger partial charge in [-0.3, -0.25) is 4.90 Å². The number of anilines is 1. The van der Waals surface area contributed by atoms with Gasteiger partial charge in [-0.05, 0) is 64.8 Å². The molecule has 0 aliphatic carbocycles. The third-order valence-corrected chi connectivity index (χ3v) is 8.08. The summed E-state index contributed by atoms with van der Waals surface area (Å²) in [6, 6.07) is 20.8. The molecule has 0 radical (unpaired) electrons. The Kier molecular flexibility index (Phi) is 6.46. The average Bonchev–Trinajstić information content (AvgIpc) is 3.42. The van der Waals surface area contributed by atoms with Crippen LogP contribution in [0.25, 0.3) is 27.8 Å². The van der Waals surface area contributed by atoms with Crippen LogP contribution in [0.1, 0.15) is 18.5 Å². The summed E-state index contributed by atoms with van der Waals surface area (Å²) < 4.78 is 5.05. The van der Waals surface area contributed by atoms with Gasteiger partial charge in [-0.25, -0.2) is 4.98 Å². The molecule has 0 bridgehead atoms. The van der Waals surface area contributed by atoms with Gasteiger partial charge in [-0.2, -0.15) is 9.61 Å². The van der Waals surface area contributed by atoms with Crippen LogP contribution in [0.15, 0.2) is 71.3 Å². The fourth-order valence-electron chi connectivity index (χ4n) is 5.31. The van der Waals surface area contributed by atoms with E-state index in [1.807, 2.05) is 34.8 Å². The minimum Gasteiger partial charge on any atom is -0.370 e. The van der Waals surface area contributed by atoms with Crippen molar-refractivity contribution in [3.05, 3.63) is 82.0 Å². The predicted molar refractivity (Wildman–Crippen MR) is 151 cm³/mol. The number of para-hydroxylation sites is 1. The summed E-state index contributed by atoms with van der Waals surface area (Å²) in [5.74, 6) is 1.48. The highest BCUT2D eigenvalue weighted by Gasteiger charge is 2.22. The lowest BCUT2D eigenvalue weighted by Gasteiger charge is -2.33. The average molecular weight is 564 g/mol. The quantitative estimate of drug-likeness (QED) is 0.252. The van der Waals surface area contributed by atoms with Crippen molar-refractivity contribution in [2.75, 3.05) is 25.0 Å². The SMILES string of the molecule is Cn1c(CN2CCCC(CNc3cc(-c4ccccc4Cl)nc4c(Br)cnn34)C2)cc2ccccc21.